The number of piperidine rings is 1. The molecule has 1 aromatic heterocycles. The summed E-state index contributed by atoms with van der Waals surface area (Å²) in [6.45, 7) is 6.57. The second kappa shape index (κ2) is 9.34. The Morgan fingerprint density at radius 1 is 1.03 bits per heavy atom. The number of carbonyl (C=O) groups is 2. The van der Waals surface area contributed by atoms with Gasteiger partial charge in [0.1, 0.15) is 0 Å². The molecule has 2 N–H and O–H groups in total. The third-order valence-electron chi connectivity index (χ3n) is 6.23. The first kappa shape index (κ1) is 21.7. The molecule has 0 spiro atoms. The molecule has 7 heteroatoms. The summed E-state index contributed by atoms with van der Waals surface area (Å²) >= 11 is 0. The van der Waals surface area contributed by atoms with Crippen molar-refractivity contribution in [3.63, 3.8) is 0 Å². The number of nitrogens with zero attached hydrogens (tertiary/aromatic N) is 4. The van der Waals surface area contributed by atoms with Gasteiger partial charge < -0.3 is 15.5 Å². The number of rotatable bonds is 5. The van der Waals surface area contributed by atoms with Gasteiger partial charge in [-0.3, -0.25) is 9.59 Å². The second-order valence-electron chi connectivity index (χ2n) is 8.21. The summed E-state index contributed by atoms with van der Waals surface area (Å²) in [7, 11) is 0. The molecule has 0 bridgehead atoms. The number of benzene rings is 2. The van der Waals surface area contributed by atoms with Gasteiger partial charge in [0.2, 0.25) is 11.9 Å². The molecule has 1 aliphatic rings. The second-order valence-corrected chi connectivity index (χ2v) is 8.21. The van der Waals surface area contributed by atoms with E-state index in [0.717, 1.165) is 34.7 Å². The highest BCUT2D eigenvalue weighted by molar-refractivity contribution is 5.99. The zero-order valence-corrected chi connectivity index (χ0v) is 18.6. The molecule has 32 heavy (non-hydrogen) atoms. The average Bonchev–Trinajstić information content (AvgIpc) is 2.84. The molecular weight excluding hydrogens is 402 g/mol. The van der Waals surface area contributed by atoms with E-state index in [1.165, 1.54) is 0 Å². The monoisotopic (exact) mass is 431 g/mol. The molecule has 3 aromatic rings. The topological polar surface area (TPSA) is 92.4 Å². The van der Waals surface area contributed by atoms with E-state index in [4.69, 9.17) is 5.73 Å². The number of hydrogen-bond acceptors (Lipinski definition) is 5. The first-order valence-electron chi connectivity index (χ1n) is 11.2. The van der Waals surface area contributed by atoms with Gasteiger partial charge in [0, 0.05) is 49.7 Å². The van der Waals surface area contributed by atoms with Crippen LogP contribution in [0.2, 0.25) is 0 Å². The molecule has 2 aromatic carbocycles. The van der Waals surface area contributed by atoms with Crippen molar-refractivity contribution in [1.82, 2.24) is 19.8 Å². The molecule has 166 valence electrons. The van der Waals surface area contributed by atoms with Crippen molar-refractivity contribution in [1.29, 1.82) is 0 Å². The molecule has 2 amide bonds. The quantitative estimate of drug-likeness (QED) is 0.666. The zero-order valence-electron chi connectivity index (χ0n) is 18.6. The Labute approximate surface area is 188 Å². The lowest BCUT2D eigenvalue weighted by molar-refractivity contribution is -0.136. The number of anilines is 1. The van der Waals surface area contributed by atoms with Crippen molar-refractivity contribution >= 4 is 28.5 Å². The van der Waals surface area contributed by atoms with Crippen LogP contribution < -0.4 is 5.73 Å². The first-order valence-corrected chi connectivity index (χ1v) is 11.2. The van der Waals surface area contributed by atoms with Gasteiger partial charge in [-0.25, -0.2) is 9.97 Å². The lowest BCUT2D eigenvalue weighted by atomic mass is 9.95. The van der Waals surface area contributed by atoms with Crippen LogP contribution in [0.25, 0.3) is 21.9 Å². The molecule has 1 unspecified atom stereocenters. The minimum atomic E-state index is -0.113. The molecule has 1 saturated heterocycles. The van der Waals surface area contributed by atoms with Gasteiger partial charge >= 0.3 is 0 Å². The van der Waals surface area contributed by atoms with Gasteiger partial charge in [0.15, 0.2) is 0 Å². The van der Waals surface area contributed by atoms with E-state index >= 15 is 0 Å². The molecular formula is C25H29N5O2. The summed E-state index contributed by atoms with van der Waals surface area (Å²) in [5.74, 6) is 0.277. The van der Waals surface area contributed by atoms with Crippen LogP contribution in [0.5, 0.6) is 0 Å². The van der Waals surface area contributed by atoms with E-state index in [-0.39, 0.29) is 23.7 Å². The van der Waals surface area contributed by atoms with E-state index in [1.807, 2.05) is 54.0 Å². The molecule has 1 aliphatic heterocycles. The van der Waals surface area contributed by atoms with E-state index in [2.05, 4.69) is 16.0 Å². The van der Waals surface area contributed by atoms with E-state index < -0.39 is 0 Å². The predicted molar refractivity (Wildman–Crippen MR) is 126 cm³/mol. The summed E-state index contributed by atoms with van der Waals surface area (Å²) in [5, 5.41) is 2.02. The minimum absolute atomic E-state index is 0.0139. The normalized spacial score (nSPS) is 16.2. The SMILES string of the molecule is CCN(CC)C(=O)C1CCCN(C(=O)c2ccc3cc(-c4cnc(N)nc4)ccc3c2)C1. The summed E-state index contributed by atoms with van der Waals surface area (Å²) < 4.78 is 0. The molecule has 1 fully saturated rings. The fourth-order valence-electron chi connectivity index (χ4n) is 4.38. The molecule has 0 radical (unpaired) electrons. The summed E-state index contributed by atoms with van der Waals surface area (Å²) in [4.78, 5) is 37.8. The van der Waals surface area contributed by atoms with Crippen molar-refractivity contribution in [2.75, 3.05) is 31.9 Å². The summed E-state index contributed by atoms with van der Waals surface area (Å²) in [6, 6.07) is 11.8. The van der Waals surface area contributed by atoms with Crippen LogP contribution in [0.1, 0.15) is 37.0 Å². The third kappa shape index (κ3) is 4.42. The number of likely N-dealkylation sites (tertiary alicyclic amines) is 1. The van der Waals surface area contributed by atoms with Crippen LogP contribution in [0.15, 0.2) is 48.8 Å². The Morgan fingerprint density at radius 3 is 2.44 bits per heavy atom. The molecule has 2 heterocycles. The van der Waals surface area contributed by atoms with Crippen LogP contribution in [0, 0.1) is 5.92 Å². The largest absolute Gasteiger partial charge is 0.368 e. The van der Waals surface area contributed by atoms with Crippen LogP contribution in [-0.4, -0.2) is 57.8 Å². The van der Waals surface area contributed by atoms with E-state index in [0.29, 0.717) is 31.7 Å². The number of amides is 2. The summed E-state index contributed by atoms with van der Waals surface area (Å²) in [5.41, 5.74) is 8.11. The first-order chi connectivity index (χ1) is 15.5. The number of nitrogen functional groups attached to an aromatic ring is 1. The Hall–Kier alpha value is -3.48. The Kier molecular flexibility index (Phi) is 6.35. The van der Waals surface area contributed by atoms with Crippen molar-refractivity contribution in [3.05, 3.63) is 54.4 Å². The maximum Gasteiger partial charge on any atom is 0.253 e. The van der Waals surface area contributed by atoms with Gasteiger partial charge in [0.05, 0.1) is 5.92 Å². The number of aromatic nitrogens is 2. The highest BCUT2D eigenvalue weighted by atomic mass is 16.2. The summed E-state index contributed by atoms with van der Waals surface area (Å²) in [6.07, 6.45) is 5.10. The van der Waals surface area contributed by atoms with Crippen molar-refractivity contribution in [2.45, 2.75) is 26.7 Å². The zero-order chi connectivity index (χ0) is 22.7. The molecule has 4 rings (SSSR count). The fraction of sp³-hybridized carbons (Fsp3) is 0.360. The number of hydrogen-bond donors (Lipinski definition) is 1. The maximum absolute atomic E-state index is 13.2. The van der Waals surface area contributed by atoms with Gasteiger partial charge in [-0.05, 0) is 61.2 Å². The minimum Gasteiger partial charge on any atom is -0.368 e. The smallest absolute Gasteiger partial charge is 0.253 e. The van der Waals surface area contributed by atoms with Gasteiger partial charge in [-0.1, -0.05) is 18.2 Å². The Morgan fingerprint density at radius 2 is 1.72 bits per heavy atom. The Balaban J connectivity index is 1.52. The third-order valence-corrected chi connectivity index (χ3v) is 6.23. The van der Waals surface area contributed by atoms with Crippen molar-refractivity contribution in [2.24, 2.45) is 5.92 Å². The van der Waals surface area contributed by atoms with Crippen molar-refractivity contribution < 1.29 is 9.59 Å². The van der Waals surface area contributed by atoms with Gasteiger partial charge in [0.25, 0.3) is 5.91 Å². The van der Waals surface area contributed by atoms with Crippen LogP contribution >= 0.6 is 0 Å². The highest BCUT2D eigenvalue weighted by Crippen LogP contribution is 2.26. The molecule has 0 saturated carbocycles. The lowest BCUT2D eigenvalue weighted by Crippen LogP contribution is -2.46. The molecule has 1 atom stereocenters. The standard InChI is InChI=1S/C25H29N5O2/c1-3-29(4-2)24(32)21-6-5-11-30(16-21)23(31)20-10-9-17-12-19(8-7-18(17)13-20)22-14-27-25(26)28-15-22/h7-10,12-15,21H,3-6,11,16H2,1-2H3,(H2,26,27,28). The van der Waals surface area contributed by atoms with Crippen LogP contribution in [-0.2, 0) is 4.79 Å². The van der Waals surface area contributed by atoms with Crippen LogP contribution in [0.4, 0.5) is 5.95 Å². The highest BCUT2D eigenvalue weighted by Gasteiger charge is 2.30. The average molecular weight is 432 g/mol. The molecule has 7 nitrogen and oxygen atoms in total. The lowest BCUT2D eigenvalue weighted by Gasteiger charge is -2.34. The number of nitrogens with two attached hydrogens (primary N) is 1. The fourth-order valence-corrected chi connectivity index (χ4v) is 4.38. The van der Waals surface area contributed by atoms with E-state index in [1.54, 1.807) is 12.4 Å². The van der Waals surface area contributed by atoms with Crippen molar-refractivity contribution in [3.8, 4) is 11.1 Å². The predicted octanol–water partition coefficient (Wildman–Crippen LogP) is 3.60. The Bertz CT molecular complexity index is 1120. The van der Waals surface area contributed by atoms with E-state index in [9.17, 15) is 9.59 Å². The molecule has 0 aliphatic carbocycles. The van der Waals surface area contributed by atoms with Gasteiger partial charge in [-0.15, -0.1) is 0 Å². The number of carbonyl (C=O) groups excluding carboxylic acids is 2. The van der Waals surface area contributed by atoms with Gasteiger partial charge in [-0.2, -0.15) is 0 Å². The maximum atomic E-state index is 13.2. The van der Waals surface area contributed by atoms with Crippen LogP contribution in [0.3, 0.4) is 0 Å². The number of fused-ring (bicyclic) bond motifs is 1.